The van der Waals surface area contributed by atoms with E-state index in [2.05, 4.69) is 0 Å². The molecule has 0 saturated heterocycles. The van der Waals surface area contributed by atoms with E-state index < -0.39 is 30.1 Å². The summed E-state index contributed by atoms with van der Waals surface area (Å²) in [5.41, 5.74) is 10.2. The summed E-state index contributed by atoms with van der Waals surface area (Å²) in [6, 6.07) is -1.86. The van der Waals surface area contributed by atoms with Crippen LogP contribution in [0.2, 0.25) is 0 Å². The van der Waals surface area contributed by atoms with Crippen LogP contribution in [0.1, 0.15) is 27.2 Å². The zero-order valence-electron chi connectivity index (χ0n) is 10.3. The van der Waals surface area contributed by atoms with E-state index in [1.165, 1.54) is 6.92 Å². The predicted molar refractivity (Wildman–Crippen MR) is 62.4 cm³/mol. The van der Waals surface area contributed by atoms with E-state index in [1.54, 1.807) is 0 Å². The highest BCUT2D eigenvalue weighted by atomic mass is 16.4. The zero-order valence-corrected chi connectivity index (χ0v) is 10.3. The minimum Gasteiger partial charge on any atom is -0.480 e. The molecular formula is C10H22N2O5. The molecule has 0 fully saturated rings. The van der Waals surface area contributed by atoms with Crippen LogP contribution in [0, 0.1) is 5.92 Å². The highest BCUT2D eigenvalue weighted by Gasteiger charge is 2.17. The van der Waals surface area contributed by atoms with Crippen LogP contribution < -0.4 is 11.5 Å². The maximum absolute atomic E-state index is 10.2. The molecule has 0 aromatic heterocycles. The monoisotopic (exact) mass is 250 g/mol. The third kappa shape index (κ3) is 8.61. The Labute approximate surface area is 100 Å². The molecule has 0 amide bonds. The lowest BCUT2D eigenvalue weighted by Gasteiger charge is -2.11. The third-order valence-electron chi connectivity index (χ3n) is 2.35. The maximum Gasteiger partial charge on any atom is 0.323 e. The minimum absolute atomic E-state index is 0.0718. The molecule has 7 heteroatoms. The fourth-order valence-corrected chi connectivity index (χ4v) is 0.704. The van der Waals surface area contributed by atoms with Crippen molar-refractivity contribution < 1.29 is 24.9 Å². The largest absolute Gasteiger partial charge is 0.480 e. The number of aliphatic hydroxyl groups is 1. The number of aliphatic carboxylic acids is 2. The lowest BCUT2D eigenvalue weighted by Crippen LogP contribution is -2.39. The maximum atomic E-state index is 10.2. The number of hydrogen-bond acceptors (Lipinski definition) is 5. The van der Waals surface area contributed by atoms with Crippen molar-refractivity contribution in [1.29, 1.82) is 0 Å². The highest BCUT2D eigenvalue weighted by molar-refractivity contribution is 5.73. The SMILES string of the molecule is CC(O)C(N)C(=O)O.CCC(C)[C@H](N)C(=O)O. The Kier molecular flexibility index (Phi) is 9.54. The number of carbonyl (C=O) groups is 2. The molecule has 0 aromatic carbocycles. The van der Waals surface area contributed by atoms with Crippen molar-refractivity contribution in [3.05, 3.63) is 0 Å². The molecule has 4 atom stereocenters. The Hall–Kier alpha value is -1.18. The average molecular weight is 250 g/mol. The second-order valence-corrected chi connectivity index (χ2v) is 3.85. The molecule has 0 aliphatic heterocycles. The molecule has 0 radical (unpaired) electrons. The fraction of sp³-hybridized carbons (Fsp3) is 0.800. The van der Waals surface area contributed by atoms with Gasteiger partial charge in [-0.15, -0.1) is 0 Å². The van der Waals surface area contributed by atoms with E-state index in [4.69, 9.17) is 26.8 Å². The molecule has 7 N–H and O–H groups in total. The Morgan fingerprint density at radius 1 is 1.06 bits per heavy atom. The van der Waals surface area contributed by atoms with Crippen LogP contribution in [0.3, 0.4) is 0 Å². The first kappa shape index (κ1) is 18.2. The summed E-state index contributed by atoms with van der Waals surface area (Å²) in [6.07, 6.45) is -0.166. The number of nitrogens with two attached hydrogens (primary N) is 2. The first-order chi connectivity index (χ1) is 7.64. The van der Waals surface area contributed by atoms with Gasteiger partial charge >= 0.3 is 11.9 Å². The van der Waals surface area contributed by atoms with Crippen LogP contribution in [-0.2, 0) is 9.59 Å². The van der Waals surface area contributed by atoms with Crippen molar-refractivity contribution in [2.75, 3.05) is 0 Å². The minimum atomic E-state index is -1.18. The second kappa shape index (κ2) is 8.91. The lowest BCUT2D eigenvalue weighted by molar-refractivity contribution is -0.141. The van der Waals surface area contributed by atoms with Gasteiger partial charge in [0, 0.05) is 0 Å². The van der Waals surface area contributed by atoms with E-state index in [0.29, 0.717) is 0 Å². The molecule has 7 nitrogen and oxygen atoms in total. The van der Waals surface area contributed by atoms with E-state index >= 15 is 0 Å². The topological polar surface area (TPSA) is 147 Å². The van der Waals surface area contributed by atoms with Gasteiger partial charge in [-0.25, -0.2) is 0 Å². The van der Waals surface area contributed by atoms with Gasteiger partial charge in [-0.1, -0.05) is 20.3 Å². The van der Waals surface area contributed by atoms with Crippen molar-refractivity contribution in [2.45, 2.75) is 45.4 Å². The van der Waals surface area contributed by atoms with Crippen LogP contribution in [0.15, 0.2) is 0 Å². The van der Waals surface area contributed by atoms with Gasteiger partial charge in [0.25, 0.3) is 0 Å². The summed E-state index contributed by atoms with van der Waals surface area (Å²) in [5, 5.41) is 24.9. The van der Waals surface area contributed by atoms with Crippen molar-refractivity contribution in [2.24, 2.45) is 17.4 Å². The predicted octanol–water partition coefficient (Wildman–Crippen LogP) is -0.776. The van der Waals surface area contributed by atoms with Crippen molar-refractivity contribution in [3.63, 3.8) is 0 Å². The number of aliphatic hydroxyl groups excluding tert-OH is 1. The van der Waals surface area contributed by atoms with Crippen LogP contribution in [0.5, 0.6) is 0 Å². The summed E-state index contributed by atoms with van der Waals surface area (Å²) < 4.78 is 0. The Balaban J connectivity index is 0. The number of rotatable bonds is 5. The quantitative estimate of drug-likeness (QED) is 0.430. The molecule has 0 aliphatic carbocycles. The van der Waals surface area contributed by atoms with Crippen molar-refractivity contribution >= 4 is 11.9 Å². The number of carboxylic acids is 2. The average Bonchev–Trinajstić information content (AvgIpc) is 2.26. The Morgan fingerprint density at radius 2 is 1.41 bits per heavy atom. The van der Waals surface area contributed by atoms with Crippen LogP contribution >= 0.6 is 0 Å². The van der Waals surface area contributed by atoms with E-state index in [-0.39, 0.29) is 5.92 Å². The second-order valence-electron chi connectivity index (χ2n) is 3.85. The third-order valence-corrected chi connectivity index (χ3v) is 2.35. The standard InChI is InChI=1S/C6H13NO2.C4H9NO3/c1-3-4(2)5(7)6(8)9;1-2(6)3(5)4(7)8/h4-5H,3,7H2,1-2H3,(H,8,9);2-3,6H,5H2,1H3,(H,7,8)/t4?,5-;/m0./s1. The molecule has 0 saturated carbocycles. The van der Waals surface area contributed by atoms with Gasteiger partial charge in [-0.3, -0.25) is 9.59 Å². The Morgan fingerprint density at radius 3 is 1.47 bits per heavy atom. The summed E-state index contributed by atoms with van der Waals surface area (Å²) in [5.74, 6) is -2.02. The van der Waals surface area contributed by atoms with Gasteiger partial charge in [0.05, 0.1) is 6.10 Å². The molecule has 0 spiro atoms. The summed E-state index contributed by atoms with van der Waals surface area (Å²) in [6.45, 7) is 5.09. The summed E-state index contributed by atoms with van der Waals surface area (Å²) >= 11 is 0. The van der Waals surface area contributed by atoms with Gasteiger partial charge in [-0.05, 0) is 12.8 Å². The van der Waals surface area contributed by atoms with Gasteiger partial charge in [0.2, 0.25) is 0 Å². The fourth-order valence-electron chi connectivity index (χ4n) is 0.704. The van der Waals surface area contributed by atoms with Crippen LogP contribution in [0.4, 0.5) is 0 Å². The summed E-state index contributed by atoms with van der Waals surface area (Å²) in [4.78, 5) is 20.0. The van der Waals surface area contributed by atoms with Crippen molar-refractivity contribution in [3.8, 4) is 0 Å². The lowest BCUT2D eigenvalue weighted by atomic mass is 10.0. The molecular weight excluding hydrogens is 228 g/mol. The molecule has 0 aromatic rings. The van der Waals surface area contributed by atoms with Crippen molar-refractivity contribution in [1.82, 2.24) is 0 Å². The highest BCUT2D eigenvalue weighted by Crippen LogP contribution is 2.04. The van der Waals surface area contributed by atoms with Gasteiger partial charge in [0.15, 0.2) is 0 Å². The van der Waals surface area contributed by atoms with E-state index in [0.717, 1.165) is 6.42 Å². The molecule has 102 valence electrons. The van der Waals surface area contributed by atoms with Gasteiger partial charge < -0.3 is 26.8 Å². The zero-order chi connectivity index (χ0) is 14.2. The Bertz CT molecular complexity index is 245. The van der Waals surface area contributed by atoms with Gasteiger partial charge in [-0.2, -0.15) is 0 Å². The first-order valence-electron chi connectivity index (χ1n) is 5.29. The van der Waals surface area contributed by atoms with Gasteiger partial charge in [0.1, 0.15) is 12.1 Å². The molecule has 0 rings (SSSR count). The van der Waals surface area contributed by atoms with Crippen LogP contribution in [0.25, 0.3) is 0 Å². The number of carboxylic acid groups (broad SMARTS) is 2. The molecule has 0 heterocycles. The molecule has 0 aliphatic rings. The normalized spacial score (nSPS) is 17.1. The molecule has 0 bridgehead atoms. The summed E-state index contributed by atoms with van der Waals surface area (Å²) in [7, 11) is 0. The van der Waals surface area contributed by atoms with Crippen LogP contribution in [-0.4, -0.2) is 45.4 Å². The molecule has 3 unspecified atom stereocenters. The van der Waals surface area contributed by atoms with E-state index in [1.807, 2.05) is 13.8 Å². The van der Waals surface area contributed by atoms with E-state index in [9.17, 15) is 9.59 Å². The molecule has 17 heavy (non-hydrogen) atoms. The smallest absolute Gasteiger partial charge is 0.323 e. The first-order valence-corrected chi connectivity index (χ1v) is 5.29. The number of hydrogen-bond donors (Lipinski definition) is 5.